The lowest BCUT2D eigenvalue weighted by Gasteiger charge is -2.26. The number of carbonyl (C=O) groups is 1. The van der Waals surface area contributed by atoms with Gasteiger partial charge < -0.3 is 20.1 Å². The van der Waals surface area contributed by atoms with Crippen molar-refractivity contribution in [1.82, 2.24) is 20.5 Å². The van der Waals surface area contributed by atoms with Gasteiger partial charge in [0.05, 0.1) is 19.8 Å². The molecule has 160 valence electrons. The first kappa shape index (κ1) is 20.6. The van der Waals surface area contributed by atoms with Gasteiger partial charge in [-0.2, -0.15) is 0 Å². The number of amides is 2. The van der Waals surface area contributed by atoms with Crippen LogP contribution in [-0.4, -0.2) is 48.8 Å². The molecule has 1 saturated heterocycles. The minimum atomic E-state index is -0.192. The van der Waals surface area contributed by atoms with Gasteiger partial charge in [-0.15, -0.1) is 0 Å². The van der Waals surface area contributed by atoms with E-state index in [1.807, 2.05) is 24.3 Å². The zero-order chi connectivity index (χ0) is 20.6. The lowest BCUT2D eigenvalue weighted by Crippen LogP contribution is -2.35. The Kier molecular flexibility index (Phi) is 7.16. The number of pyridine rings is 1. The van der Waals surface area contributed by atoms with Crippen molar-refractivity contribution < 1.29 is 14.3 Å². The molecule has 4 rings (SSSR count). The molecule has 0 unspecified atom stereocenters. The number of rotatable bonds is 9. The van der Waals surface area contributed by atoms with Gasteiger partial charge in [-0.05, 0) is 35.4 Å². The molecule has 0 spiro atoms. The quantitative estimate of drug-likeness (QED) is 0.665. The Morgan fingerprint density at radius 3 is 2.57 bits per heavy atom. The third-order valence-corrected chi connectivity index (χ3v) is 5.37. The topological polar surface area (TPSA) is 75.7 Å². The van der Waals surface area contributed by atoms with E-state index in [4.69, 9.17) is 9.47 Å². The minimum absolute atomic E-state index is 0.192. The van der Waals surface area contributed by atoms with Gasteiger partial charge in [0.2, 0.25) is 5.88 Å². The molecule has 30 heavy (non-hydrogen) atoms. The molecule has 0 atom stereocenters. The summed E-state index contributed by atoms with van der Waals surface area (Å²) in [6.07, 6.45) is 4.27. The van der Waals surface area contributed by atoms with E-state index in [0.717, 1.165) is 50.6 Å². The van der Waals surface area contributed by atoms with E-state index >= 15 is 0 Å². The number of nitrogens with zero attached hydrogens (tertiary/aromatic N) is 2. The van der Waals surface area contributed by atoms with Gasteiger partial charge in [-0.25, -0.2) is 9.78 Å². The number of aromatic nitrogens is 1. The van der Waals surface area contributed by atoms with Gasteiger partial charge in [0.15, 0.2) is 0 Å². The van der Waals surface area contributed by atoms with Crippen molar-refractivity contribution in [1.29, 1.82) is 0 Å². The highest BCUT2D eigenvalue weighted by Crippen LogP contribution is 2.29. The molecular weight excluding hydrogens is 380 g/mol. The second-order valence-corrected chi connectivity index (χ2v) is 8.00. The third-order valence-electron chi connectivity index (χ3n) is 5.37. The van der Waals surface area contributed by atoms with E-state index in [1.54, 1.807) is 6.20 Å². The summed E-state index contributed by atoms with van der Waals surface area (Å²) in [5, 5.41) is 5.80. The lowest BCUT2D eigenvalue weighted by atomic mass is 10.1. The van der Waals surface area contributed by atoms with E-state index in [1.165, 1.54) is 18.4 Å². The Balaban J connectivity index is 1.17. The molecule has 1 saturated carbocycles. The third kappa shape index (κ3) is 6.71. The van der Waals surface area contributed by atoms with E-state index in [-0.39, 0.29) is 6.03 Å². The van der Waals surface area contributed by atoms with E-state index < -0.39 is 0 Å². The van der Waals surface area contributed by atoms with E-state index in [2.05, 4.69) is 32.7 Å². The molecule has 2 N–H and O–H groups in total. The molecule has 1 aliphatic carbocycles. The Labute approximate surface area is 177 Å². The smallest absolute Gasteiger partial charge is 0.315 e. The second kappa shape index (κ2) is 10.4. The van der Waals surface area contributed by atoms with Crippen molar-refractivity contribution >= 4 is 6.03 Å². The Bertz CT molecular complexity index is 817. The van der Waals surface area contributed by atoms with E-state index in [0.29, 0.717) is 24.9 Å². The maximum absolute atomic E-state index is 12.2. The number of carbonyl (C=O) groups excluding carboxylic acids is 1. The zero-order valence-corrected chi connectivity index (χ0v) is 17.3. The summed E-state index contributed by atoms with van der Waals surface area (Å²) in [6.45, 7) is 6.12. The molecule has 0 radical (unpaired) electrons. The Hall–Kier alpha value is -2.64. The predicted molar refractivity (Wildman–Crippen MR) is 114 cm³/mol. The fraction of sp³-hybridized carbons (Fsp3) is 0.478. The number of morpholine rings is 1. The van der Waals surface area contributed by atoms with Crippen LogP contribution in [0.15, 0.2) is 42.6 Å². The first-order chi connectivity index (χ1) is 14.7. The van der Waals surface area contributed by atoms with Gasteiger partial charge in [-0.1, -0.05) is 30.3 Å². The predicted octanol–water partition coefficient (Wildman–Crippen LogP) is 2.70. The van der Waals surface area contributed by atoms with Crippen LogP contribution in [-0.2, 0) is 24.4 Å². The number of ether oxygens (including phenoxy) is 2. The first-order valence-electron chi connectivity index (χ1n) is 10.7. The van der Waals surface area contributed by atoms with Crippen molar-refractivity contribution in [3.05, 3.63) is 59.3 Å². The number of hydrogen-bond acceptors (Lipinski definition) is 5. The van der Waals surface area contributed by atoms with Gasteiger partial charge in [-0.3, -0.25) is 4.90 Å². The molecule has 1 aliphatic heterocycles. The van der Waals surface area contributed by atoms with Crippen molar-refractivity contribution in [3.63, 3.8) is 0 Å². The maximum atomic E-state index is 12.2. The summed E-state index contributed by atoms with van der Waals surface area (Å²) in [5.74, 6) is 1.35. The molecule has 2 aromatic rings. The van der Waals surface area contributed by atoms with Crippen LogP contribution < -0.4 is 15.4 Å². The van der Waals surface area contributed by atoms with Crippen LogP contribution in [0, 0.1) is 5.92 Å². The fourth-order valence-electron chi connectivity index (χ4n) is 3.37. The summed E-state index contributed by atoms with van der Waals surface area (Å²) in [7, 11) is 0. The van der Waals surface area contributed by atoms with Gasteiger partial charge in [0, 0.05) is 45.0 Å². The fourth-order valence-corrected chi connectivity index (χ4v) is 3.37. The molecule has 2 fully saturated rings. The number of hydrogen-bond donors (Lipinski definition) is 2. The summed E-state index contributed by atoms with van der Waals surface area (Å²) in [4.78, 5) is 18.8. The second-order valence-electron chi connectivity index (χ2n) is 8.00. The molecule has 2 heterocycles. The number of benzene rings is 1. The zero-order valence-electron chi connectivity index (χ0n) is 17.3. The molecule has 7 heteroatoms. The monoisotopic (exact) mass is 410 g/mol. The molecule has 0 bridgehead atoms. The van der Waals surface area contributed by atoms with Crippen LogP contribution in [0.3, 0.4) is 0 Å². The van der Waals surface area contributed by atoms with Gasteiger partial charge >= 0.3 is 6.03 Å². The van der Waals surface area contributed by atoms with Crippen LogP contribution in [0.2, 0.25) is 0 Å². The lowest BCUT2D eigenvalue weighted by molar-refractivity contribution is 0.0342. The van der Waals surface area contributed by atoms with Crippen molar-refractivity contribution in [3.8, 4) is 5.88 Å². The summed E-state index contributed by atoms with van der Waals surface area (Å²) in [6, 6.07) is 12.0. The normalized spacial score (nSPS) is 16.8. The van der Waals surface area contributed by atoms with Crippen LogP contribution >= 0.6 is 0 Å². The first-order valence-corrected chi connectivity index (χ1v) is 10.7. The molecule has 7 nitrogen and oxygen atoms in total. The molecule has 2 amide bonds. The van der Waals surface area contributed by atoms with Crippen LogP contribution in [0.1, 0.15) is 29.5 Å². The molecule has 1 aromatic carbocycles. The average molecular weight is 411 g/mol. The van der Waals surface area contributed by atoms with Crippen molar-refractivity contribution in [2.24, 2.45) is 5.92 Å². The molecule has 2 aliphatic rings. The van der Waals surface area contributed by atoms with Gasteiger partial charge in [0.1, 0.15) is 0 Å². The minimum Gasteiger partial charge on any atom is -0.477 e. The van der Waals surface area contributed by atoms with Crippen LogP contribution in [0.4, 0.5) is 4.79 Å². The van der Waals surface area contributed by atoms with Gasteiger partial charge in [0.25, 0.3) is 0 Å². The molecule has 1 aromatic heterocycles. The number of nitrogens with one attached hydrogen (secondary N) is 2. The highest BCUT2D eigenvalue weighted by atomic mass is 16.5. The average Bonchev–Trinajstić information content (AvgIpc) is 3.61. The largest absolute Gasteiger partial charge is 0.477 e. The Morgan fingerprint density at radius 2 is 1.83 bits per heavy atom. The molecular formula is C23H30N4O3. The SMILES string of the molecule is O=C(NCc1ccc(OCC2CC2)nc1)NCc1cccc(CN2CCOCC2)c1. The van der Waals surface area contributed by atoms with E-state index in [9.17, 15) is 4.79 Å². The van der Waals surface area contributed by atoms with Crippen LogP contribution in [0.5, 0.6) is 5.88 Å². The van der Waals surface area contributed by atoms with Crippen molar-refractivity contribution in [2.45, 2.75) is 32.5 Å². The Morgan fingerprint density at radius 1 is 1.07 bits per heavy atom. The number of urea groups is 1. The summed E-state index contributed by atoms with van der Waals surface area (Å²) < 4.78 is 11.0. The standard InChI is InChI=1S/C23H30N4O3/c28-23(26-15-21-6-7-22(24-14-21)30-17-18-4-5-18)25-13-19-2-1-3-20(12-19)16-27-8-10-29-11-9-27/h1-3,6-7,12,14,18H,4-5,8-11,13,15-17H2,(H2,25,26,28). The maximum Gasteiger partial charge on any atom is 0.315 e. The summed E-state index contributed by atoms with van der Waals surface area (Å²) >= 11 is 0. The highest BCUT2D eigenvalue weighted by molar-refractivity contribution is 5.73. The van der Waals surface area contributed by atoms with Crippen LogP contribution in [0.25, 0.3) is 0 Å². The summed E-state index contributed by atoms with van der Waals surface area (Å²) in [5.41, 5.74) is 3.29. The van der Waals surface area contributed by atoms with Crippen molar-refractivity contribution in [2.75, 3.05) is 32.9 Å². The highest BCUT2D eigenvalue weighted by Gasteiger charge is 2.22.